The molecule has 0 saturated heterocycles. The molecule has 4 aromatic rings. The predicted molar refractivity (Wildman–Crippen MR) is 130 cm³/mol. The maximum Gasteiger partial charge on any atom is 0.148 e. The van der Waals surface area contributed by atoms with Crippen LogP contribution in [0.25, 0.3) is 32.3 Å². The lowest BCUT2D eigenvalue weighted by Gasteiger charge is -2.08. The standard InChI is InChI=1S/C26H26N2O4S/c1-2-30-16-3-17-31-24-14-12-21(13-15-24)20-8-10-23(11-9-20)26-28-27-25(33-26)22-6-4-19(5-7-22)18-32-29/h4-15,29H,2-3,16-18H2,1H3. The fourth-order valence-corrected chi connectivity index (χ4v) is 4.17. The average Bonchev–Trinajstić information content (AvgIpc) is 3.36. The van der Waals surface area contributed by atoms with E-state index in [-0.39, 0.29) is 6.61 Å². The lowest BCUT2D eigenvalue weighted by Crippen LogP contribution is -2.02. The zero-order valence-corrected chi connectivity index (χ0v) is 19.3. The molecule has 0 amide bonds. The van der Waals surface area contributed by atoms with Crippen molar-refractivity contribution in [3.63, 3.8) is 0 Å². The Morgan fingerprint density at radius 2 is 1.27 bits per heavy atom. The Balaban J connectivity index is 1.38. The highest BCUT2D eigenvalue weighted by Crippen LogP contribution is 2.31. The molecule has 6 nitrogen and oxygen atoms in total. The van der Waals surface area contributed by atoms with Gasteiger partial charge in [-0.25, -0.2) is 4.89 Å². The summed E-state index contributed by atoms with van der Waals surface area (Å²) in [6.45, 7) is 4.28. The molecule has 170 valence electrons. The first kappa shape index (κ1) is 23.1. The molecule has 1 heterocycles. The molecule has 0 atom stereocenters. The summed E-state index contributed by atoms with van der Waals surface area (Å²) in [5.74, 6) is 0.866. The first-order valence-electron chi connectivity index (χ1n) is 10.9. The molecule has 0 fully saturated rings. The van der Waals surface area contributed by atoms with Gasteiger partial charge in [0.25, 0.3) is 0 Å². The molecule has 0 aliphatic heterocycles. The van der Waals surface area contributed by atoms with E-state index >= 15 is 0 Å². The lowest BCUT2D eigenvalue weighted by molar-refractivity contribution is -0.253. The van der Waals surface area contributed by atoms with Crippen LogP contribution in [0.3, 0.4) is 0 Å². The third-order valence-corrected chi connectivity index (χ3v) is 6.10. The molecule has 0 aliphatic carbocycles. The van der Waals surface area contributed by atoms with Crippen molar-refractivity contribution in [2.45, 2.75) is 20.0 Å². The van der Waals surface area contributed by atoms with E-state index in [1.165, 1.54) is 0 Å². The van der Waals surface area contributed by atoms with E-state index in [9.17, 15) is 0 Å². The minimum Gasteiger partial charge on any atom is -0.494 e. The summed E-state index contributed by atoms with van der Waals surface area (Å²) in [5.41, 5.74) is 5.17. The molecule has 0 unspecified atom stereocenters. The van der Waals surface area contributed by atoms with Crippen LogP contribution in [0.1, 0.15) is 18.9 Å². The maximum absolute atomic E-state index is 8.57. The number of ether oxygens (including phenoxy) is 2. The third kappa shape index (κ3) is 6.24. The summed E-state index contributed by atoms with van der Waals surface area (Å²) in [4.78, 5) is 4.17. The SMILES string of the molecule is CCOCCCOc1ccc(-c2ccc(-c3nnc(-c4ccc(COO)cc4)s3)cc2)cc1. The number of aromatic nitrogens is 2. The average molecular weight is 463 g/mol. The fraction of sp³-hybridized carbons (Fsp3) is 0.231. The van der Waals surface area contributed by atoms with Crippen molar-refractivity contribution in [3.8, 4) is 38.0 Å². The van der Waals surface area contributed by atoms with E-state index in [1.54, 1.807) is 11.3 Å². The van der Waals surface area contributed by atoms with Crippen molar-refractivity contribution in [1.82, 2.24) is 10.2 Å². The van der Waals surface area contributed by atoms with Crippen LogP contribution in [0.4, 0.5) is 0 Å². The van der Waals surface area contributed by atoms with Gasteiger partial charge in [-0.1, -0.05) is 72.0 Å². The summed E-state index contributed by atoms with van der Waals surface area (Å²) < 4.78 is 11.1. The zero-order valence-electron chi connectivity index (χ0n) is 18.4. The molecule has 3 aromatic carbocycles. The molecule has 1 aromatic heterocycles. The molecular formula is C26H26N2O4S. The number of nitrogens with zero attached hydrogens (tertiary/aromatic N) is 2. The van der Waals surface area contributed by atoms with E-state index in [4.69, 9.17) is 14.7 Å². The quantitative estimate of drug-likeness (QED) is 0.159. The van der Waals surface area contributed by atoms with Crippen LogP contribution in [-0.4, -0.2) is 35.3 Å². The van der Waals surface area contributed by atoms with Gasteiger partial charge < -0.3 is 9.47 Å². The molecule has 0 aliphatic rings. The van der Waals surface area contributed by atoms with Gasteiger partial charge in [-0.05, 0) is 35.7 Å². The van der Waals surface area contributed by atoms with Crippen LogP contribution in [0, 0.1) is 0 Å². The van der Waals surface area contributed by atoms with Gasteiger partial charge in [0.1, 0.15) is 22.4 Å². The largest absolute Gasteiger partial charge is 0.494 e. The Hall–Kier alpha value is -3.10. The van der Waals surface area contributed by atoms with Crippen LogP contribution in [0.15, 0.2) is 72.8 Å². The molecule has 0 spiro atoms. The Morgan fingerprint density at radius 1 is 0.727 bits per heavy atom. The van der Waals surface area contributed by atoms with E-state index < -0.39 is 0 Å². The summed E-state index contributed by atoms with van der Waals surface area (Å²) in [7, 11) is 0. The maximum atomic E-state index is 8.57. The van der Waals surface area contributed by atoms with Gasteiger partial charge in [0, 0.05) is 30.8 Å². The van der Waals surface area contributed by atoms with Crippen molar-refractivity contribution in [2.75, 3.05) is 19.8 Å². The van der Waals surface area contributed by atoms with E-state index in [1.807, 2.05) is 43.3 Å². The van der Waals surface area contributed by atoms with Crippen molar-refractivity contribution in [1.29, 1.82) is 0 Å². The summed E-state index contributed by atoms with van der Waals surface area (Å²) in [6.07, 6.45) is 0.883. The van der Waals surface area contributed by atoms with Crippen molar-refractivity contribution >= 4 is 11.3 Å². The summed E-state index contributed by atoms with van der Waals surface area (Å²) in [5, 5.41) is 19.0. The molecule has 33 heavy (non-hydrogen) atoms. The van der Waals surface area contributed by atoms with E-state index in [0.717, 1.165) is 63.2 Å². The lowest BCUT2D eigenvalue weighted by atomic mass is 10.0. The fourth-order valence-electron chi connectivity index (χ4n) is 3.32. The number of benzene rings is 3. The van der Waals surface area contributed by atoms with Gasteiger partial charge in [0.15, 0.2) is 0 Å². The molecular weight excluding hydrogens is 436 g/mol. The predicted octanol–water partition coefficient (Wildman–Crippen LogP) is 6.33. The van der Waals surface area contributed by atoms with Gasteiger partial charge in [0.2, 0.25) is 0 Å². The second-order valence-electron chi connectivity index (χ2n) is 7.38. The number of hydrogen-bond donors (Lipinski definition) is 1. The topological polar surface area (TPSA) is 73.7 Å². The second-order valence-corrected chi connectivity index (χ2v) is 8.36. The number of hydrogen-bond acceptors (Lipinski definition) is 7. The van der Waals surface area contributed by atoms with Crippen LogP contribution >= 0.6 is 11.3 Å². The van der Waals surface area contributed by atoms with Gasteiger partial charge in [-0.2, -0.15) is 0 Å². The second kappa shape index (κ2) is 11.7. The number of rotatable bonds is 11. The van der Waals surface area contributed by atoms with E-state index in [0.29, 0.717) is 6.61 Å². The molecule has 4 rings (SSSR count). The Bertz CT molecular complexity index is 1130. The highest BCUT2D eigenvalue weighted by molar-refractivity contribution is 7.17. The molecule has 0 saturated carbocycles. The first-order chi connectivity index (χ1) is 16.3. The minimum atomic E-state index is 0.165. The monoisotopic (exact) mass is 462 g/mol. The third-order valence-electron chi connectivity index (χ3n) is 5.08. The smallest absolute Gasteiger partial charge is 0.148 e. The zero-order chi connectivity index (χ0) is 22.9. The van der Waals surface area contributed by atoms with Gasteiger partial charge in [-0.3, -0.25) is 5.26 Å². The van der Waals surface area contributed by atoms with E-state index in [2.05, 4.69) is 51.5 Å². The Labute approximate surface area is 197 Å². The van der Waals surface area contributed by atoms with Crippen LogP contribution in [-0.2, 0) is 16.2 Å². The van der Waals surface area contributed by atoms with Crippen LogP contribution in [0.5, 0.6) is 5.75 Å². The van der Waals surface area contributed by atoms with Gasteiger partial charge >= 0.3 is 0 Å². The van der Waals surface area contributed by atoms with Crippen LogP contribution in [0.2, 0.25) is 0 Å². The van der Waals surface area contributed by atoms with Crippen molar-refractivity contribution < 1.29 is 19.6 Å². The molecule has 7 heteroatoms. The Morgan fingerprint density at radius 3 is 1.85 bits per heavy atom. The van der Waals surface area contributed by atoms with Crippen molar-refractivity contribution in [2.24, 2.45) is 0 Å². The first-order valence-corrected chi connectivity index (χ1v) is 11.7. The summed E-state index contributed by atoms with van der Waals surface area (Å²) >= 11 is 1.55. The molecule has 0 radical (unpaired) electrons. The van der Waals surface area contributed by atoms with Crippen molar-refractivity contribution in [3.05, 3.63) is 78.4 Å². The molecule has 1 N–H and O–H groups in total. The minimum absolute atomic E-state index is 0.165. The highest BCUT2D eigenvalue weighted by atomic mass is 32.1. The summed E-state index contributed by atoms with van der Waals surface area (Å²) in [6, 6.07) is 24.2. The van der Waals surface area contributed by atoms with Gasteiger partial charge in [-0.15, -0.1) is 10.2 Å². The normalized spacial score (nSPS) is 11.0. The van der Waals surface area contributed by atoms with Gasteiger partial charge in [0.05, 0.1) is 6.61 Å². The molecule has 0 bridgehead atoms. The highest BCUT2D eigenvalue weighted by Gasteiger charge is 2.09. The van der Waals surface area contributed by atoms with Crippen LogP contribution < -0.4 is 4.74 Å². The Kier molecular flexibility index (Phi) is 8.16.